The lowest BCUT2D eigenvalue weighted by Crippen LogP contribution is -2.46. The van der Waals surface area contributed by atoms with Crippen molar-refractivity contribution in [1.82, 2.24) is 4.98 Å². The highest BCUT2D eigenvalue weighted by Crippen LogP contribution is 2.41. The summed E-state index contributed by atoms with van der Waals surface area (Å²) in [6, 6.07) is 15.5. The van der Waals surface area contributed by atoms with Gasteiger partial charge in [-0.1, -0.05) is 36.4 Å². The average molecular weight is 512 g/mol. The van der Waals surface area contributed by atoms with Crippen LogP contribution in [0, 0.1) is 0 Å². The molecule has 1 aliphatic rings. The van der Waals surface area contributed by atoms with Crippen LogP contribution in [0.5, 0.6) is 11.5 Å². The summed E-state index contributed by atoms with van der Waals surface area (Å²) in [6.07, 6.45) is -4.33. The van der Waals surface area contributed by atoms with Crippen LogP contribution in [0.25, 0.3) is 11.1 Å². The number of anilines is 1. The van der Waals surface area contributed by atoms with Crippen LogP contribution in [-0.4, -0.2) is 31.2 Å². The van der Waals surface area contributed by atoms with Crippen LogP contribution in [0.1, 0.15) is 22.3 Å². The van der Waals surface area contributed by atoms with E-state index >= 15 is 0 Å². The summed E-state index contributed by atoms with van der Waals surface area (Å²) in [6.45, 7) is 0.493. The number of nitrogens with zero attached hydrogens (tertiary/aromatic N) is 2. The smallest absolute Gasteiger partial charge is 0.416 e. The monoisotopic (exact) mass is 512 g/mol. The van der Waals surface area contributed by atoms with E-state index in [0.29, 0.717) is 18.1 Å². The zero-order valence-corrected chi connectivity index (χ0v) is 20.0. The van der Waals surface area contributed by atoms with Crippen LogP contribution >= 0.6 is 0 Å². The Morgan fingerprint density at radius 1 is 1.11 bits per heavy atom. The van der Waals surface area contributed by atoms with Crippen molar-refractivity contribution in [1.29, 1.82) is 0 Å². The van der Waals surface area contributed by atoms with Gasteiger partial charge >= 0.3 is 12.1 Å². The van der Waals surface area contributed by atoms with Crippen LogP contribution in [0.15, 0.2) is 65.1 Å². The van der Waals surface area contributed by atoms with Crippen molar-refractivity contribution < 1.29 is 36.6 Å². The molecule has 0 amide bonds. The summed E-state index contributed by atoms with van der Waals surface area (Å²) in [7, 11) is 2.81. The van der Waals surface area contributed by atoms with E-state index in [2.05, 4.69) is 4.98 Å². The Labute approximate surface area is 210 Å². The Morgan fingerprint density at radius 2 is 1.89 bits per heavy atom. The second-order valence-corrected chi connectivity index (χ2v) is 8.56. The highest BCUT2D eigenvalue weighted by molar-refractivity contribution is 5.82. The molecule has 4 aromatic rings. The van der Waals surface area contributed by atoms with Crippen LogP contribution in [0.3, 0.4) is 0 Å². The molecule has 0 fully saturated rings. The topological polar surface area (TPSA) is 74.0 Å². The van der Waals surface area contributed by atoms with Gasteiger partial charge in [0.25, 0.3) is 6.01 Å². The number of fused-ring (bicyclic) bond motifs is 2. The van der Waals surface area contributed by atoms with Crippen molar-refractivity contribution in [3.63, 3.8) is 0 Å². The van der Waals surface area contributed by atoms with Gasteiger partial charge < -0.3 is 23.5 Å². The number of methoxy groups -OCH3 is 2. The summed E-state index contributed by atoms with van der Waals surface area (Å²) in [5.41, 5.74) is 1.96. The van der Waals surface area contributed by atoms with Crippen molar-refractivity contribution in [3.05, 3.63) is 82.9 Å². The number of ether oxygens (including phenoxy) is 3. The first kappa shape index (κ1) is 24.5. The highest BCUT2D eigenvalue weighted by Gasteiger charge is 2.38. The second-order valence-electron chi connectivity index (χ2n) is 8.56. The maximum Gasteiger partial charge on any atom is 0.416 e. The zero-order valence-electron chi connectivity index (χ0n) is 20.0. The van der Waals surface area contributed by atoms with Gasteiger partial charge in [-0.3, -0.25) is 0 Å². The molecule has 2 heterocycles. The van der Waals surface area contributed by atoms with Gasteiger partial charge in [0, 0.05) is 18.5 Å². The number of aromatic nitrogens is 1. The summed E-state index contributed by atoms with van der Waals surface area (Å²) in [5.74, 6) is 0.499. The normalized spacial score (nSPS) is 15.4. The van der Waals surface area contributed by atoms with E-state index in [0.717, 1.165) is 28.8 Å². The van der Waals surface area contributed by atoms with Crippen molar-refractivity contribution in [2.24, 2.45) is 0 Å². The van der Waals surface area contributed by atoms with Crippen LogP contribution in [0.4, 0.5) is 19.2 Å². The Kier molecular flexibility index (Phi) is 6.41. The molecule has 0 aliphatic carbocycles. The number of esters is 1. The quantitative estimate of drug-likeness (QED) is 0.314. The molecule has 0 spiro atoms. The molecule has 37 heavy (non-hydrogen) atoms. The third-order valence-corrected chi connectivity index (χ3v) is 6.31. The predicted octanol–water partition coefficient (Wildman–Crippen LogP) is 5.54. The van der Waals surface area contributed by atoms with E-state index in [-0.39, 0.29) is 30.1 Å². The maximum absolute atomic E-state index is 13.2. The van der Waals surface area contributed by atoms with E-state index in [1.54, 1.807) is 11.0 Å². The third-order valence-electron chi connectivity index (χ3n) is 6.31. The number of benzene rings is 3. The molecule has 0 N–H and O–H groups in total. The molecular formula is C27H23F3N2O5. The molecule has 0 saturated heterocycles. The van der Waals surface area contributed by atoms with Crippen molar-refractivity contribution in [3.8, 4) is 11.5 Å². The number of halogens is 3. The number of rotatable bonds is 6. The molecule has 3 aromatic carbocycles. The molecule has 192 valence electrons. The molecule has 0 radical (unpaired) electrons. The molecule has 10 heteroatoms. The molecular weight excluding hydrogens is 489 g/mol. The van der Waals surface area contributed by atoms with E-state index in [4.69, 9.17) is 18.6 Å². The lowest BCUT2D eigenvalue weighted by atomic mass is 9.92. The summed E-state index contributed by atoms with van der Waals surface area (Å²) >= 11 is 0. The van der Waals surface area contributed by atoms with Gasteiger partial charge in [-0.2, -0.15) is 18.2 Å². The van der Waals surface area contributed by atoms with Crippen molar-refractivity contribution >= 4 is 23.1 Å². The second kappa shape index (κ2) is 9.68. The standard InChI is InChI=1S/C27H23F3N2O5/c1-34-22-11-8-17-14-32(26-31-20-10-9-18(27(28,29)30)12-23(20)37-26)21(25(33)35-2)13-19(17)24(22)36-15-16-6-4-3-5-7-16/h3-12,21H,13-15H2,1-2H3/t21-/m0/s1. The molecule has 0 bridgehead atoms. The predicted molar refractivity (Wildman–Crippen MR) is 128 cm³/mol. The Morgan fingerprint density at radius 3 is 2.59 bits per heavy atom. The van der Waals surface area contributed by atoms with Gasteiger partial charge in [-0.25, -0.2) is 4.79 Å². The Hall–Kier alpha value is -4.21. The first-order chi connectivity index (χ1) is 17.8. The van der Waals surface area contributed by atoms with Gasteiger partial charge in [0.1, 0.15) is 18.2 Å². The lowest BCUT2D eigenvalue weighted by molar-refractivity contribution is -0.142. The maximum atomic E-state index is 13.2. The number of alkyl halides is 3. The van der Waals surface area contributed by atoms with E-state index < -0.39 is 23.8 Å². The average Bonchev–Trinajstić information content (AvgIpc) is 3.34. The molecule has 7 nitrogen and oxygen atoms in total. The fourth-order valence-electron chi connectivity index (χ4n) is 4.42. The van der Waals surface area contributed by atoms with Gasteiger partial charge in [-0.05, 0) is 35.4 Å². The van der Waals surface area contributed by atoms with Gasteiger partial charge in [0.15, 0.2) is 17.1 Å². The molecule has 1 atom stereocenters. The minimum absolute atomic E-state index is 0.0259. The number of carbonyl (C=O) groups excluding carboxylic acids is 1. The number of carbonyl (C=O) groups is 1. The van der Waals surface area contributed by atoms with Crippen LogP contribution < -0.4 is 14.4 Å². The molecule has 0 unspecified atom stereocenters. The zero-order chi connectivity index (χ0) is 26.2. The summed E-state index contributed by atoms with van der Waals surface area (Å²) in [4.78, 5) is 18.8. The van der Waals surface area contributed by atoms with E-state index in [9.17, 15) is 18.0 Å². The largest absolute Gasteiger partial charge is 0.493 e. The highest BCUT2D eigenvalue weighted by atomic mass is 19.4. The molecule has 1 aromatic heterocycles. The molecule has 1 aliphatic heterocycles. The van der Waals surface area contributed by atoms with Gasteiger partial charge in [0.2, 0.25) is 0 Å². The van der Waals surface area contributed by atoms with Gasteiger partial charge in [-0.15, -0.1) is 0 Å². The Balaban J connectivity index is 1.52. The summed E-state index contributed by atoms with van der Waals surface area (Å²) in [5, 5.41) is 0. The van der Waals surface area contributed by atoms with Crippen LogP contribution in [-0.2, 0) is 35.3 Å². The number of hydrogen-bond donors (Lipinski definition) is 0. The van der Waals surface area contributed by atoms with E-state index in [1.165, 1.54) is 20.3 Å². The molecule has 5 rings (SSSR count). The lowest BCUT2D eigenvalue weighted by Gasteiger charge is -2.35. The van der Waals surface area contributed by atoms with Crippen LogP contribution in [0.2, 0.25) is 0 Å². The fraction of sp³-hybridized carbons (Fsp3) is 0.259. The first-order valence-electron chi connectivity index (χ1n) is 11.5. The summed E-state index contributed by atoms with van der Waals surface area (Å²) < 4.78 is 62.0. The minimum atomic E-state index is -4.52. The van der Waals surface area contributed by atoms with Crippen molar-refractivity contribution in [2.45, 2.75) is 31.8 Å². The first-order valence-corrected chi connectivity index (χ1v) is 11.5. The fourth-order valence-corrected chi connectivity index (χ4v) is 4.42. The minimum Gasteiger partial charge on any atom is -0.493 e. The van der Waals surface area contributed by atoms with Gasteiger partial charge in [0.05, 0.1) is 19.8 Å². The van der Waals surface area contributed by atoms with E-state index in [1.807, 2.05) is 36.4 Å². The van der Waals surface area contributed by atoms with Crippen molar-refractivity contribution in [2.75, 3.05) is 19.1 Å². The third kappa shape index (κ3) is 4.78. The SMILES string of the molecule is COC(=O)[C@@H]1Cc2c(ccc(OC)c2OCc2ccccc2)CN1c1nc2ccc(C(F)(F)F)cc2o1. The number of oxazole rings is 1. The number of hydrogen-bond acceptors (Lipinski definition) is 7. The molecule has 0 saturated carbocycles. The Bertz CT molecular complexity index is 1440.